The van der Waals surface area contributed by atoms with E-state index in [1.807, 2.05) is 109 Å². The lowest BCUT2D eigenvalue weighted by molar-refractivity contribution is -0.116. The largest absolute Gasteiger partial charge is 0.507 e. The van der Waals surface area contributed by atoms with Crippen LogP contribution in [0.3, 0.4) is 0 Å². The van der Waals surface area contributed by atoms with Gasteiger partial charge in [-0.05, 0) is 47.6 Å². The van der Waals surface area contributed by atoms with Gasteiger partial charge in [-0.15, -0.1) is 0 Å². The van der Waals surface area contributed by atoms with Crippen molar-refractivity contribution in [3.8, 4) is 17.0 Å². The highest BCUT2D eigenvalue weighted by Gasteiger charge is 2.23. The molecule has 0 aliphatic heterocycles. The van der Waals surface area contributed by atoms with Crippen molar-refractivity contribution in [1.82, 2.24) is 14.6 Å². The first-order chi connectivity index (χ1) is 20.6. The fourth-order valence-corrected chi connectivity index (χ4v) is 5.62. The van der Waals surface area contributed by atoms with Crippen molar-refractivity contribution in [2.75, 3.05) is 17.3 Å². The van der Waals surface area contributed by atoms with Gasteiger partial charge in [0.1, 0.15) is 11.6 Å². The molecule has 42 heavy (non-hydrogen) atoms. The number of fused-ring (bicyclic) bond motifs is 1. The third-order valence-corrected chi connectivity index (χ3v) is 8.01. The first-order valence-corrected chi connectivity index (χ1v) is 15.2. The van der Waals surface area contributed by atoms with Crippen LogP contribution in [-0.2, 0) is 11.3 Å². The number of hydrogen-bond acceptors (Lipinski definition) is 5. The number of aromatic nitrogens is 3. The lowest BCUT2D eigenvalue weighted by Crippen LogP contribution is -2.22. The lowest BCUT2D eigenvalue weighted by Gasteiger charge is -2.18. The van der Waals surface area contributed by atoms with E-state index in [9.17, 15) is 9.90 Å². The van der Waals surface area contributed by atoms with Gasteiger partial charge < -0.3 is 15.7 Å². The molecule has 0 saturated carbocycles. The number of nitrogens with one attached hydrogen (secondary N) is 2. The maximum absolute atomic E-state index is 13.6. The van der Waals surface area contributed by atoms with E-state index in [-0.39, 0.29) is 11.7 Å². The first kappa shape index (κ1) is 27.2. The molecule has 6 rings (SSSR count). The number of hydrogen-bond donors (Lipinski definition) is 3. The van der Waals surface area contributed by atoms with Crippen LogP contribution < -0.4 is 15.9 Å². The molecule has 7 nitrogen and oxygen atoms in total. The van der Waals surface area contributed by atoms with E-state index in [1.54, 1.807) is 16.6 Å². The Labute approximate surface area is 246 Å². The number of carbonyl (C=O) groups excluding carboxylic acids is 1. The standard InChI is InChI=1S/C34H30N5O2P/c1-42-30-22-36-39-31(20-28(38-33(30)39)27-17-8-9-18-29(27)40)35-21-23-11-10-16-26(19-23)37-34(41)32(24-12-4-2-5-13-24)25-14-6-3-7-15-25/h2-20,22,32,35,40,42H,21H2,1H3,(H,37,41). The van der Waals surface area contributed by atoms with Crippen molar-refractivity contribution >= 4 is 36.9 Å². The number of anilines is 2. The number of benzene rings is 4. The lowest BCUT2D eigenvalue weighted by atomic mass is 9.90. The van der Waals surface area contributed by atoms with Gasteiger partial charge in [0.25, 0.3) is 0 Å². The van der Waals surface area contributed by atoms with Crippen molar-refractivity contribution in [3.05, 3.63) is 138 Å². The Morgan fingerprint density at radius 1 is 0.881 bits per heavy atom. The van der Waals surface area contributed by atoms with Crippen LogP contribution in [0.1, 0.15) is 22.6 Å². The number of phenols is 1. The van der Waals surface area contributed by atoms with Crippen LogP contribution in [0.4, 0.5) is 11.5 Å². The molecular weight excluding hydrogens is 541 g/mol. The zero-order chi connectivity index (χ0) is 28.9. The summed E-state index contributed by atoms with van der Waals surface area (Å²) >= 11 is 0. The summed E-state index contributed by atoms with van der Waals surface area (Å²) < 4.78 is 1.80. The second-order valence-electron chi connectivity index (χ2n) is 9.88. The number of rotatable bonds is 9. The zero-order valence-electron chi connectivity index (χ0n) is 23.0. The summed E-state index contributed by atoms with van der Waals surface area (Å²) in [5.41, 5.74) is 5.66. The van der Waals surface area contributed by atoms with Crippen LogP contribution in [0.25, 0.3) is 16.9 Å². The number of phenolic OH excluding ortho intramolecular Hbond substituents is 1. The van der Waals surface area contributed by atoms with Gasteiger partial charge in [0.05, 0.1) is 17.8 Å². The average molecular weight is 572 g/mol. The van der Waals surface area contributed by atoms with E-state index in [0.29, 0.717) is 26.4 Å². The van der Waals surface area contributed by atoms with Crippen LogP contribution in [0.5, 0.6) is 5.75 Å². The molecule has 2 aromatic heterocycles. The van der Waals surface area contributed by atoms with Crippen molar-refractivity contribution in [2.45, 2.75) is 12.5 Å². The van der Waals surface area contributed by atoms with E-state index >= 15 is 0 Å². The predicted octanol–water partition coefficient (Wildman–Crippen LogP) is 6.42. The summed E-state index contributed by atoms with van der Waals surface area (Å²) in [6.45, 7) is 2.59. The molecule has 0 fully saturated rings. The molecule has 0 aliphatic carbocycles. The fraction of sp³-hybridized carbons (Fsp3) is 0.0882. The molecule has 0 radical (unpaired) electrons. The van der Waals surface area contributed by atoms with E-state index < -0.39 is 5.92 Å². The minimum atomic E-state index is -0.430. The molecule has 1 unspecified atom stereocenters. The normalized spacial score (nSPS) is 11.4. The Morgan fingerprint density at radius 3 is 2.26 bits per heavy atom. The van der Waals surface area contributed by atoms with Gasteiger partial charge in [-0.25, -0.2) is 4.98 Å². The molecule has 2 heterocycles. The second-order valence-corrected chi connectivity index (χ2v) is 10.9. The Kier molecular flexibility index (Phi) is 7.93. The quantitative estimate of drug-likeness (QED) is 0.174. The van der Waals surface area contributed by atoms with Gasteiger partial charge in [0.15, 0.2) is 5.65 Å². The summed E-state index contributed by atoms with van der Waals surface area (Å²) in [5, 5.41) is 22.7. The molecule has 0 aliphatic rings. The first-order valence-electron chi connectivity index (χ1n) is 13.7. The fourth-order valence-electron chi connectivity index (χ4n) is 5.05. The third kappa shape index (κ3) is 5.73. The molecule has 0 saturated heterocycles. The molecule has 0 spiro atoms. The van der Waals surface area contributed by atoms with Gasteiger partial charge in [-0.2, -0.15) is 9.61 Å². The highest BCUT2D eigenvalue weighted by atomic mass is 31.1. The predicted molar refractivity (Wildman–Crippen MR) is 171 cm³/mol. The molecule has 1 amide bonds. The Balaban J connectivity index is 1.25. The zero-order valence-corrected chi connectivity index (χ0v) is 24.0. The van der Waals surface area contributed by atoms with Crippen LogP contribution in [-0.4, -0.2) is 32.3 Å². The third-order valence-electron chi connectivity index (χ3n) is 7.12. The van der Waals surface area contributed by atoms with Crippen molar-refractivity contribution < 1.29 is 9.90 Å². The van der Waals surface area contributed by atoms with Crippen LogP contribution in [0.15, 0.2) is 121 Å². The Morgan fingerprint density at radius 2 is 1.57 bits per heavy atom. The second kappa shape index (κ2) is 12.2. The SMILES string of the molecule is CPc1cnn2c(NCc3cccc(NC(=O)C(c4ccccc4)c4ccccc4)c3)cc(-c3ccccc3O)nc12. The summed E-state index contributed by atoms with van der Waals surface area (Å²) in [6.07, 6.45) is 1.84. The molecule has 208 valence electrons. The minimum absolute atomic E-state index is 0.0925. The maximum atomic E-state index is 13.6. The molecule has 1 atom stereocenters. The van der Waals surface area contributed by atoms with Gasteiger partial charge in [-0.3, -0.25) is 4.79 Å². The van der Waals surface area contributed by atoms with E-state index in [2.05, 4.69) is 22.4 Å². The number of aromatic hydroxyl groups is 1. The van der Waals surface area contributed by atoms with Gasteiger partial charge >= 0.3 is 0 Å². The number of para-hydroxylation sites is 1. The average Bonchev–Trinajstić information content (AvgIpc) is 3.45. The molecule has 6 aromatic rings. The highest BCUT2D eigenvalue weighted by Crippen LogP contribution is 2.30. The smallest absolute Gasteiger partial charge is 0.236 e. The van der Waals surface area contributed by atoms with Crippen LogP contribution in [0, 0.1) is 0 Å². The van der Waals surface area contributed by atoms with Gasteiger partial charge in [-0.1, -0.05) is 93.5 Å². The summed E-state index contributed by atoms with van der Waals surface area (Å²) in [4.78, 5) is 18.4. The van der Waals surface area contributed by atoms with E-state index in [0.717, 1.165) is 39.1 Å². The number of amides is 1. The van der Waals surface area contributed by atoms with Crippen molar-refractivity contribution in [3.63, 3.8) is 0 Å². The highest BCUT2D eigenvalue weighted by molar-refractivity contribution is 7.46. The van der Waals surface area contributed by atoms with E-state index in [1.165, 1.54) is 0 Å². The van der Waals surface area contributed by atoms with Crippen molar-refractivity contribution in [1.29, 1.82) is 0 Å². The number of carbonyl (C=O) groups is 1. The van der Waals surface area contributed by atoms with Gasteiger partial charge in [0.2, 0.25) is 5.91 Å². The molecule has 8 heteroatoms. The minimum Gasteiger partial charge on any atom is -0.507 e. The number of nitrogens with zero attached hydrogens (tertiary/aromatic N) is 3. The topological polar surface area (TPSA) is 91.5 Å². The summed E-state index contributed by atoms with van der Waals surface area (Å²) in [6, 6.07) is 36.6. The summed E-state index contributed by atoms with van der Waals surface area (Å²) in [5.74, 6) is 0.406. The Bertz CT molecular complexity index is 1800. The van der Waals surface area contributed by atoms with E-state index in [4.69, 9.17) is 4.98 Å². The monoisotopic (exact) mass is 571 g/mol. The van der Waals surface area contributed by atoms with Crippen LogP contribution in [0.2, 0.25) is 0 Å². The maximum Gasteiger partial charge on any atom is 0.236 e. The molecular formula is C34H30N5O2P. The van der Waals surface area contributed by atoms with Gasteiger partial charge in [0, 0.05) is 29.2 Å². The van der Waals surface area contributed by atoms with Crippen LogP contribution >= 0.6 is 8.58 Å². The summed E-state index contributed by atoms with van der Waals surface area (Å²) in [7, 11) is 0.527. The molecule has 4 aromatic carbocycles. The Hall–Kier alpha value is -5.00. The van der Waals surface area contributed by atoms with Crippen molar-refractivity contribution in [2.24, 2.45) is 0 Å². The molecule has 3 N–H and O–H groups in total. The molecule has 0 bridgehead atoms.